The van der Waals surface area contributed by atoms with Gasteiger partial charge >= 0.3 is 12.1 Å². The van der Waals surface area contributed by atoms with E-state index in [9.17, 15) is 14.4 Å². The van der Waals surface area contributed by atoms with Gasteiger partial charge in [0, 0.05) is 12.6 Å². The molecule has 0 heterocycles. The van der Waals surface area contributed by atoms with E-state index in [1.54, 1.807) is 5.64 Å². The van der Waals surface area contributed by atoms with Gasteiger partial charge in [-0.05, 0) is 6.92 Å². The Balaban J connectivity index is 3.55. The fourth-order valence-corrected chi connectivity index (χ4v) is 0.450. The molecule has 0 aromatic carbocycles. The highest BCUT2D eigenvalue weighted by Gasteiger charge is 2.07. The van der Waals surface area contributed by atoms with Gasteiger partial charge in [-0.25, -0.2) is 9.59 Å². The van der Waals surface area contributed by atoms with Gasteiger partial charge in [-0.15, -0.1) is 0 Å². The van der Waals surface area contributed by atoms with E-state index in [1.807, 2.05) is 0 Å². The topological polar surface area (TPSA) is 130 Å². The average molecular weight is 232 g/mol. The molecule has 9 heteroatoms. The molecule has 0 radical (unpaired) electrons. The molecule has 0 rings (SSSR count). The molecule has 16 heavy (non-hydrogen) atoms. The highest BCUT2D eigenvalue weighted by Crippen LogP contribution is 1.78. The number of amides is 2. The molecule has 0 aromatic rings. The summed E-state index contributed by atoms with van der Waals surface area (Å²) in [5.74, 6) is -1.30. The van der Waals surface area contributed by atoms with Crippen molar-refractivity contribution < 1.29 is 24.1 Å². The highest BCUT2D eigenvalue weighted by molar-refractivity contribution is 6.33. The molecule has 0 aromatic heterocycles. The van der Waals surface area contributed by atoms with Crippen LogP contribution in [0.15, 0.2) is 0 Å². The molecule has 0 saturated carbocycles. The first kappa shape index (κ1) is 13.8. The van der Waals surface area contributed by atoms with E-state index in [2.05, 4.69) is 20.3 Å². The highest BCUT2D eigenvalue weighted by atomic mass is 16.9. The van der Waals surface area contributed by atoms with Crippen LogP contribution in [0.4, 0.5) is 4.79 Å². The van der Waals surface area contributed by atoms with Crippen molar-refractivity contribution in [1.82, 2.24) is 16.3 Å². The van der Waals surface area contributed by atoms with Crippen LogP contribution in [-0.2, 0) is 19.3 Å². The molecular formula is C7H12N4O5. The number of carbonyl (C=O) groups is 3. The second-order valence-electron chi connectivity index (χ2n) is 2.57. The third-order valence-electron chi connectivity index (χ3n) is 1.14. The van der Waals surface area contributed by atoms with Gasteiger partial charge in [0.1, 0.15) is 5.71 Å². The quantitative estimate of drug-likeness (QED) is 0.268. The summed E-state index contributed by atoms with van der Waals surface area (Å²) >= 11 is 0. The van der Waals surface area contributed by atoms with Crippen molar-refractivity contribution in [2.75, 3.05) is 6.67 Å². The molecule has 0 bridgehead atoms. The van der Waals surface area contributed by atoms with Crippen molar-refractivity contribution in [3.8, 4) is 0 Å². The van der Waals surface area contributed by atoms with Gasteiger partial charge in [0.2, 0.25) is 5.91 Å². The number of hydrogen-bond acceptors (Lipinski definition) is 7. The van der Waals surface area contributed by atoms with E-state index in [4.69, 9.17) is 5.41 Å². The summed E-state index contributed by atoms with van der Waals surface area (Å²) in [6.45, 7) is 2.37. The predicted octanol–water partition coefficient (Wildman–Crippen LogP) is -1.19. The summed E-state index contributed by atoms with van der Waals surface area (Å²) in [7, 11) is 0. The SMILES string of the molecule is CC(=N)C(=O)ONOC(=O)NCNC(C)=O. The van der Waals surface area contributed by atoms with Crippen LogP contribution in [0.1, 0.15) is 13.8 Å². The molecule has 4 N–H and O–H groups in total. The van der Waals surface area contributed by atoms with E-state index in [1.165, 1.54) is 13.8 Å². The van der Waals surface area contributed by atoms with Gasteiger partial charge in [0.25, 0.3) is 0 Å². The van der Waals surface area contributed by atoms with E-state index >= 15 is 0 Å². The first-order chi connectivity index (χ1) is 7.43. The summed E-state index contributed by atoms with van der Waals surface area (Å²) < 4.78 is 0. The van der Waals surface area contributed by atoms with Gasteiger partial charge in [-0.2, -0.15) is 0 Å². The normalized spacial score (nSPS) is 8.88. The maximum atomic E-state index is 10.8. The molecule has 0 spiro atoms. The molecule has 0 aliphatic carbocycles. The van der Waals surface area contributed by atoms with Crippen molar-refractivity contribution in [3.63, 3.8) is 0 Å². The second-order valence-corrected chi connectivity index (χ2v) is 2.57. The zero-order valence-corrected chi connectivity index (χ0v) is 8.75. The first-order valence-corrected chi connectivity index (χ1v) is 4.14. The lowest BCUT2D eigenvalue weighted by atomic mass is 10.5. The number of carbonyl (C=O) groups excluding carboxylic acids is 3. The molecule has 0 aliphatic rings. The van der Waals surface area contributed by atoms with Crippen molar-refractivity contribution in [3.05, 3.63) is 0 Å². The molecule has 0 saturated heterocycles. The monoisotopic (exact) mass is 232 g/mol. The van der Waals surface area contributed by atoms with E-state index in [-0.39, 0.29) is 18.3 Å². The summed E-state index contributed by atoms with van der Waals surface area (Å²) in [6, 6.07) is 0. The van der Waals surface area contributed by atoms with Crippen LogP contribution in [0.3, 0.4) is 0 Å². The third-order valence-corrected chi connectivity index (χ3v) is 1.14. The van der Waals surface area contributed by atoms with Crippen LogP contribution in [-0.4, -0.2) is 30.4 Å². The Bertz CT molecular complexity index is 303. The molecule has 0 fully saturated rings. The third kappa shape index (κ3) is 7.26. The van der Waals surface area contributed by atoms with Gasteiger partial charge in [0.15, 0.2) is 0 Å². The molecule has 9 nitrogen and oxygen atoms in total. The van der Waals surface area contributed by atoms with Gasteiger partial charge in [0.05, 0.1) is 6.67 Å². The zero-order chi connectivity index (χ0) is 12.6. The Labute approximate surface area is 90.9 Å². The fraction of sp³-hybridized carbons (Fsp3) is 0.429. The van der Waals surface area contributed by atoms with E-state index in [0.29, 0.717) is 0 Å². The van der Waals surface area contributed by atoms with Crippen LogP contribution < -0.4 is 16.3 Å². The maximum absolute atomic E-state index is 10.8. The summed E-state index contributed by atoms with van der Waals surface area (Å²) in [4.78, 5) is 40.1. The van der Waals surface area contributed by atoms with Crippen LogP contribution in [0, 0.1) is 5.41 Å². The molecular weight excluding hydrogens is 220 g/mol. The fourth-order valence-electron chi connectivity index (χ4n) is 0.450. The number of rotatable bonds is 5. The Morgan fingerprint density at radius 1 is 1.12 bits per heavy atom. The molecule has 0 atom stereocenters. The average Bonchev–Trinajstić information content (AvgIpc) is 2.16. The van der Waals surface area contributed by atoms with Gasteiger partial charge in [-0.3, -0.25) is 10.2 Å². The van der Waals surface area contributed by atoms with Crippen molar-refractivity contribution in [1.29, 1.82) is 5.41 Å². The Hall–Kier alpha value is -2.16. The lowest BCUT2D eigenvalue weighted by Gasteiger charge is -2.06. The lowest BCUT2D eigenvalue weighted by molar-refractivity contribution is -0.168. The van der Waals surface area contributed by atoms with E-state index in [0.717, 1.165) is 0 Å². The summed E-state index contributed by atoms with van der Waals surface area (Å²) in [5.41, 5.74) is 1.24. The summed E-state index contributed by atoms with van der Waals surface area (Å²) in [6.07, 6.45) is -0.954. The van der Waals surface area contributed by atoms with Crippen LogP contribution in [0.2, 0.25) is 0 Å². The Kier molecular flexibility index (Phi) is 6.21. The minimum absolute atomic E-state index is 0.118. The minimum Gasteiger partial charge on any atom is -0.339 e. The lowest BCUT2D eigenvalue weighted by Crippen LogP contribution is -2.39. The predicted molar refractivity (Wildman–Crippen MR) is 50.9 cm³/mol. The van der Waals surface area contributed by atoms with Gasteiger partial charge in [-0.1, -0.05) is 0 Å². The molecule has 90 valence electrons. The molecule has 0 unspecified atom stereocenters. The second kappa shape index (κ2) is 7.17. The van der Waals surface area contributed by atoms with Crippen molar-refractivity contribution in [2.45, 2.75) is 13.8 Å². The number of hydrogen-bond donors (Lipinski definition) is 4. The Morgan fingerprint density at radius 3 is 2.25 bits per heavy atom. The molecule has 0 aliphatic heterocycles. The van der Waals surface area contributed by atoms with Crippen LogP contribution in [0.5, 0.6) is 0 Å². The van der Waals surface area contributed by atoms with Gasteiger partial charge < -0.3 is 20.3 Å². The summed E-state index contributed by atoms with van der Waals surface area (Å²) in [5, 5.41) is 11.2. The number of nitrogens with one attached hydrogen (secondary N) is 4. The van der Waals surface area contributed by atoms with Crippen LogP contribution in [0.25, 0.3) is 0 Å². The maximum Gasteiger partial charge on any atom is 0.430 e. The van der Waals surface area contributed by atoms with Crippen molar-refractivity contribution in [2.24, 2.45) is 0 Å². The van der Waals surface area contributed by atoms with E-state index < -0.39 is 12.1 Å². The molecule has 2 amide bonds. The smallest absolute Gasteiger partial charge is 0.339 e. The Morgan fingerprint density at radius 2 is 1.75 bits per heavy atom. The van der Waals surface area contributed by atoms with Crippen molar-refractivity contribution >= 4 is 23.7 Å². The van der Waals surface area contributed by atoms with Crippen LogP contribution >= 0.6 is 0 Å². The first-order valence-electron chi connectivity index (χ1n) is 4.14. The standard InChI is InChI=1S/C7H12N4O5/c1-4(8)6(13)15-11-16-7(14)10-3-9-5(2)12/h8,11H,3H2,1-2H3,(H,9,12)(H,10,14). The largest absolute Gasteiger partial charge is 0.430 e. The minimum atomic E-state index is -0.977. The zero-order valence-electron chi connectivity index (χ0n) is 8.75.